The van der Waals surface area contributed by atoms with Gasteiger partial charge in [0.2, 0.25) is 0 Å². The molecule has 1 rings (SSSR count). The number of hydrogen-bond donors (Lipinski definition) is 0. The van der Waals surface area contributed by atoms with Crippen molar-refractivity contribution in [3.8, 4) is 0 Å². The molecule has 1 saturated heterocycles. The van der Waals surface area contributed by atoms with Gasteiger partial charge in [-0.3, -0.25) is 0 Å². The van der Waals surface area contributed by atoms with Crippen molar-refractivity contribution in [3.05, 3.63) is 0 Å². The van der Waals surface area contributed by atoms with E-state index >= 15 is 0 Å². The Kier molecular flexibility index (Phi) is 2.28. The molecule has 0 saturated carbocycles. The summed E-state index contributed by atoms with van der Waals surface area (Å²) in [5.41, 5.74) is 0. The molecule has 0 aliphatic carbocycles. The molecular formula is C5H9BrO2. The number of halogens is 1. The molecule has 1 aliphatic rings. The fraction of sp³-hybridized carbons (Fsp3) is 1.00. The number of hydrogen-bond acceptors (Lipinski definition) is 2. The summed E-state index contributed by atoms with van der Waals surface area (Å²) in [6, 6.07) is 0. The molecule has 0 spiro atoms. The average molecular weight is 181 g/mol. The molecule has 48 valence electrons. The molecule has 8 heavy (non-hydrogen) atoms. The van der Waals surface area contributed by atoms with Crippen LogP contribution in [0.5, 0.6) is 0 Å². The minimum Gasteiger partial charge on any atom is -0.350 e. The fourth-order valence-electron chi connectivity index (χ4n) is 0.673. The predicted molar refractivity (Wildman–Crippen MR) is 34.1 cm³/mol. The lowest BCUT2D eigenvalue weighted by Gasteiger charge is -2.01. The van der Waals surface area contributed by atoms with Crippen LogP contribution in [0.1, 0.15) is 6.92 Å². The second-order valence-corrected chi connectivity index (χ2v) is 2.46. The van der Waals surface area contributed by atoms with Crippen molar-refractivity contribution >= 4 is 15.9 Å². The van der Waals surface area contributed by atoms with Gasteiger partial charge in [0.15, 0.2) is 6.29 Å². The number of ether oxygens (including phenoxy) is 2. The van der Waals surface area contributed by atoms with Crippen LogP contribution in [-0.4, -0.2) is 24.3 Å². The first kappa shape index (κ1) is 6.52. The lowest BCUT2D eigenvalue weighted by molar-refractivity contribution is -0.0380. The maximum Gasteiger partial charge on any atom is 0.155 e. The van der Waals surface area contributed by atoms with Gasteiger partial charge < -0.3 is 9.47 Å². The van der Waals surface area contributed by atoms with Crippen LogP contribution in [0.2, 0.25) is 0 Å². The molecule has 0 amide bonds. The molecular weight excluding hydrogens is 172 g/mol. The minimum absolute atomic E-state index is 0.00227. The van der Waals surface area contributed by atoms with E-state index in [1.54, 1.807) is 0 Å². The monoisotopic (exact) mass is 180 g/mol. The zero-order valence-electron chi connectivity index (χ0n) is 4.76. The Morgan fingerprint density at radius 3 is 2.75 bits per heavy atom. The van der Waals surface area contributed by atoms with Crippen LogP contribution >= 0.6 is 15.9 Å². The summed E-state index contributed by atoms with van der Waals surface area (Å²) in [5, 5.41) is 0.872. The van der Waals surface area contributed by atoms with Crippen molar-refractivity contribution in [1.82, 2.24) is 0 Å². The third-order valence-corrected chi connectivity index (χ3v) is 1.80. The van der Waals surface area contributed by atoms with E-state index < -0.39 is 0 Å². The molecule has 0 aromatic carbocycles. The Labute approximate surface area is 57.3 Å². The maximum atomic E-state index is 5.24. The predicted octanol–water partition coefficient (Wildman–Crippen LogP) is 1.14. The SMILES string of the molecule is C[C@@H]1OC[C@@H](CBr)O1. The molecule has 1 aliphatic heterocycles. The van der Waals surface area contributed by atoms with Crippen LogP contribution in [0.4, 0.5) is 0 Å². The van der Waals surface area contributed by atoms with E-state index in [4.69, 9.17) is 9.47 Å². The largest absolute Gasteiger partial charge is 0.350 e. The van der Waals surface area contributed by atoms with E-state index in [9.17, 15) is 0 Å². The fourth-order valence-corrected chi connectivity index (χ4v) is 1.01. The quantitative estimate of drug-likeness (QED) is 0.564. The average Bonchev–Trinajstić information content (AvgIpc) is 2.14. The van der Waals surface area contributed by atoms with Crippen LogP contribution in [0, 0.1) is 0 Å². The topological polar surface area (TPSA) is 18.5 Å². The number of rotatable bonds is 1. The lowest BCUT2D eigenvalue weighted by atomic mass is 10.5. The van der Waals surface area contributed by atoms with Gasteiger partial charge in [0.1, 0.15) is 0 Å². The highest BCUT2D eigenvalue weighted by Gasteiger charge is 2.20. The third-order valence-electron chi connectivity index (χ3n) is 1.07. The summed E-state index contributed by atoms with van der Waals surface area (Å²) in [6.45, 7) is 2.63. The van der Waals surface area contributed by atoms with E-state index in [-0.39, 0.29) is 12.4 Å². The highest BCUT2D eigenvalue weighted by atomic mass is 79.9. The Morgan fingerprint density at radius 1 is 1.75 bits per heavy atom. The summed E-state index contributed by atoms with van der Waals surface area (Å²) in [6.07, 6.45) is 0.266. The second-order valence-electron chi connectivity index (χ2n) is 1.81. The van der Waals surface area contributed by atoms with E-state index in [0.29, 0.717) is 0 Å². The van der Waals surface area contributed by atoms with Crippen molar-refractivity contribution in [2.45, 2.75) is 19.3 Å². The highest BCUT2D eigenvalue weighted by Crippen LogP contribution is 2.11. The van der Waals surface area contributed by atoms with Gasteiger partial charge in [-0.05, 0) is 6.92 Å². The van der Waals surface area contributed by atoms with Crippen LogP contribution in [0.25, 0.3) is 0 Å². The zero-order chi connectivity index (χ0) is 5.98. The molecule has 0 bridgehead atoms. The second kappa shape index (κ2) is 2.80. The smallest absolute Gasteiger partial charge is 0.155 e. The molecule has 1 heterocycles. The van der Waals surface area contributed by atoms with Gasteiger partial charge in [-0.1, -0.05) is 15.9 Å². The summed E-state index contributed by atoms with van der Waals surface area (Å²) < 4.78 is 10.3. The van der Waals surface area contributed by atoms with E-state index in [1.807, 2.05) is 6.92 Å². The van der Waals surface area contributed by atoms with Crippen molar-refractivity contribution in [1.29, 1.82) is 0 Å². The summed E-state index contributed by atoms with van der Waals surface area (Å²) in [7, 11) is 0. The van der Waals surface area contributed by atoms with Crippen LogP contribution in [0.3, 0.4) is 0 Å². The van der Waals surface area contributed by atoms with Crippen molar-refractivity contribution in [3.63, 3.8) is 0 Å². The van der Waals surface area contributed by atoms with Crippen molar-refractivity contribution < 1.29 is 9.47 Å². The van der Waals surface area contributed by atoms with Gasteiger partial charge in [-0.25, -0.2) is 0 Å². The Balaban J connectivity index is 2.22. The molecule has 0 unspecified atom stereocenters. The van der Waals surface area contributed by atoms with Crippen LogP contribution in [-0.2, 0) is 9.47 Å². The first-order chi connectivity index (χ1) is 3.83. The normalized spacial score (nSPS) is 38.2. The Bertz CT molecular complexity index is 76.8. The van der Waals surface area contributed by atoms with Crippen molar-refractivity contribution in [2.75, 3.05) is 11.9 Å². The van der Waals surface area contributed by atoms with Crippen LogP contribution in [0.15, 0.2) is 0 Å². The Hall–Kier alpha value is 0.400. The van der Waals surface area contributed by atoms with Gasteiger partial charge in [-0.15, -0.1) is 0 Å². The zero-order valence-corrected chi connectivity index (χ0v) is 6.35. The molecule has 2 atom stereocenters. The van der Waals surface area contributed by atoms with Crippen molar-refractivity contribution in [2.24, 2.45) is 0 Å². The van der Waals surface area contributed by atoms with Gasteiger partial charge in [0.25, 0.3) is 0 Å². The first-order valence-corrected chi connectivity index (χ1v) is 3.78. The summed E-state index contributed by atoms with van der Waals surface area (Å²) in [4.78, 5) is 0. The minimum atomic E-state index is -0.00227. The molecule has 0 N–H and O–H groups in total. The van der Waals surface area contributed by atoms with Gasteiger partial charge in [0, 0.05) is 5.33 Å². The first-order valence-electron chi connectivity index (χ1n) is 2.66. The Morgan fingerprint density at radius 2 is 2.50 bits per heavy atom. The molecule has 2 nitrogen and oxygen atoms in total. The molecule has 1 fully saturated rings. The van der Waals surface area contributed by atoms with E-state index in [1.165, 1.54) is 0 Å². The number of alkyl halides is 1. The molecule has 0 radical (unpaired) electrons. The molecule has 3 heteroatoms. The highest BCUT2D eigenvalue weighted by molar-refractivity contribution is 9.09. The van der Waals surface area contributed by atoms with E-state index in [0.717, 1.165) is 11.9 Å². The third kappa shape index (κ3) is 1.44. The van der Waals surface area contributed by atoms with Crippen LogP contribution < -0.4 is 0 Å². The van der Waals surface area contributed by atoms with Gasteiger partial charge >= 0.3 is 0 Å². The maximum absolute atomic E-state index is 5.24. The summed E-state index contributed by atoms with van der Waals surface area (Å²) in [5.74, 6) is 0. The van der Waals surface area contributed by atoms with Gasteiger partial charge in [-0.2, -0.15) is 0 Å². The standard InChI is InChI=1S/C5H9BrO2/c1-4-7-3-5(2-6)8-4/h4-5H,2-3H2,1H3/t4-,5-/m1/s1. The molecule has 0 aromatic heterocycles. The lowest BCUT2D eigenvalue weighted by Crippen LogP contribution is -2.11. The van der Waals surface area contributed by atoms with E-state index in [2.05, 4.69) is 15.9 Å². The summed E-state index contributed by atoms with van der Waals surface area (Å²) >= 11 is 3.30. The van der Waals surface area contributed by atoms with Gasteiger partial charge in [0.05, 0.1) is 12.7 Å². The molecule has 0 aromatic rings.